The molecular formula is C18H14N4O2S. The van der Waals surface area contributed by atoms with Crippen LogP contribution in [0.2, 0.25) is 0 Å². The van der Waals surface area contributed by atoms with Crippen LogP contribution in [-0.2, 0) is 12.8 Å². The van der Waals surface area contributed by atoms with Crippen LogP contribution in [0.5, 0.6) is 0 Å². The lowest BCUT2D eigenvalue weighted by molar-refractivity contribution is 0.465. The summed E-state index contributed by atoms with van der Waals surface area (Å²) < 4.78 is 7.23. The molecule has 0 aliphatic rings. The van der Waals surface area contributed by atoms with E-state index < -0.39 is 0 Å². The highest BCUT2D eigenvalue weighted by Crippen LogP contribution is 2.25. The van der Waals surface area contributed by atoms with E-state index in [0.29, 0.717) is 33.6 Å². The lowest BCUT2D eigenvalue weighted by atomic mass is 10.2. The van der Waals surface area contributed by atoms with Gasteiger partial charge in [-0.15, -0.1) is 10.2 Å². The summed E-state index contributed by atoms with van der Waals surface area (Å²) in [4.78, 5) is 17.0. The van der Waals surface area contributed by atoms with Crippen LogP contribution in [-0.4, -0.2) is 19.7 Å². The van der Waals surface area contributed by atoms with Crippen LogP contribution >= 0.6 is 11.8 Å². The van der Waals surface area contributed by atoms with Crippen molar-refractivity contribution >= 4 is 22.7 Å². The Labute approximate surface area is 147 Å². The van der Waals surface area contributed by atoms with Crippen LogP contribution < -0.4 is 5.56 Å². The van der Waals surface area contributed by atoms with Crippen LogP contribution in [0, 0.1) is 0 Å². The maximum absolute atomic E-state index is 12.4. The quantitative estimate of drug-likeness (QED) is 0.526. The van der Waals surface area contributed by atoms with E-state index in [0.717, 1.165) is 5.56 Å². The third-order valence-electron chi connectivity index (χ3n) is 3.83. The molecule has 2 aromatic heterocycles. The fourth-order valence-corrected chi connectivity index (χ4v) is 3.23. The number of thioether (sulfide) groups is 1. The fraction of sp³-hybridized carbons (Fsp3) is 0.111. The summed E-state index contributed by atoms with van der Waals surface area (Å²) >= 11 is 1.36. The van der Waals surface area contributed by atoms with Crippen molar-refractivity contribution in [1.29, 1.82) is 0 Å². The fourth-order valence-electron chi connectivity index (χ4n) is 2.48. The predicted molar refractivity (Wildman–Crippen MR) is 96.3 cm³/mol. The summed E-state index contributed by atoms with van der Waals surface area (Å²) in [6.45, 7) is 0. The Morgan fingerprint density at radius 1 is 1.04 bits per heavy atom. The molecule has 0 aliphatic carbocycles. The predicted octanol–water partition coefficient (Wildman–Crippen LogP) is 3.28. The van der Waals surface area contributed by atoms with Crippen molar-refractivity contribution < 1.29 is 4.42 Å². The molecule has 0 radical (unpaired) electrons. The molecule has 6 nitrogen and oxygen atoms in total. The number of hydrogen-bond donors (Lipinski definition) is 0. The van der Waals surface area contributed by atoms with Gasteiger partial charge in [0.05, 0.1) is 16.7 Å². The monoisotopic (exact) mass is 350 g/mol. The molecule has 0 atom stereocenters. The second-order valence-corrected chi connectivity index (χ2v) is 6.36. The van der Waals surface area contributed by atoms with E-state index in [1.54, 1.807) is 17.7 Å². The van der Waals surface area contributed by atoms with Gasteiger partial charge in [-0.05, 0) is 24.3 Å². The Morgan fingerprint density at radius 2 is 1.80 bits per heavy atom. The molecule has 0 saturated heterocycles. The van der Waals surface area contributed by atoms with Crippen LogP contribution in [0.4, 0.5) is 0 Å². The lowest BCUT2D eigenvalue weighted by Crippen LogP contribution is -2.21. The van der Waals surface area contributed by atoms with E-state index in [2.05, 4.69) is 15.2 Å². The van der Waals surface area contributed by atoms with Crippen LogP contribution in [0.3, 0.4) is 0 Å². The summed E-state index contributed by atoms with van der Waals surface area (Å²) in [6.07, 6.45) is 0. The Morgan fingerprint density at radius 3 is 2.64 bits per heavy atom. The number of rotatable bonds is 4. The van der Waals surface area contributed by atoms with Gasteiger partial charge in [0.25, 0.3) is 10.8 Å². The standard InChI is InChI=1S/C18H14N4O2S/c1-22-15(19-14-10-6-5-9-13(14)17(22)23)11-25-18-21-20-16(24-18)12-7-3-2-4-8-12/h2-10H,11H2,1H3. The van der Waals surface area contributed by atoms with Gasteiger partial charge >= 0.3 is 0 Å². The van der Waals surface area contributed by atoms with Crippen molar-refractivity contribution in [3.05, 3.63) is 70.8 Å². The molecule has 0 spiro atoms. The highest BCUT2D eigenvalue weighted by Gasteiger charge is 2.12. The molecule has 0 bridgehead atoms. The van der Waals surface area contributed by atoms with Crippen molar-refractivity contribution in [2.24, 2.45) is 7.05 Å². The molecule has 0 fully saturated rings. The van der Waals surface area contributed by atoms with Crippen LogP contribution in [0.1, 0.15) is 5.82 Å². The summed E-state index contributed by atoms with van der Waals surface area (Å²) in [6, 6.07) is 16.9. The second-order valence-electron chi connectivity index (χ2n) is 5.44. The summed E-state index contributed by atoms with van der Waals surface area (Å²) in [5.74, 6) is 1.60. The Balaban J connectivity index is 1.58. The normalized spacial score (nSPS) is 11.1. The van der Waals surface area contributed by atoms with E-state index in [9.17, 15) is 4.79 Å². The number of nitrogens with zero attached hydrogens (tertiary/aromatic N) is 4. The Hall–Kier alpha value is -2.93. The second kappa shape index (κ2) is 6.52. The van der Waals surface area contributed by atoms with Crippen LogP contribution in [0.15, 0.2) is 69.0 Å². The Bertz CT molecular complexity index is 1090. The van der Waals surface area contributed by atoms with E-state index in [1.165, 1.54) is 11.8 Å². The van der Waals surface area contributed by atoms with Crippen LogP contribution in [0.25, 0.3) is 22.4 Å². The topological polar surface area (TPSA) is 73.8 Å². The summed E-state index contributed by atoms with van der Waals surface area (Å²) in [7, 11) is 1.72. The van der Waals surface area contributed by atoms with Gasteiger partial charge in [0.1, 0.15) is 5.82 Å². The van der Waals surface area contributed by atoms with Gasteiger partial charge in [-0.1, -0.05) is 42.1 Å². The molecular weight excluding hydrogens is 336 g/mol. The molecule has 2 aromatic carbocycles. The smallest absolute Gasteiger partial charge is 0.277 e. The third kappa shape index (κ3) is 3.06. The molecule has 0 saturated carbocycles. The van der Waals surface area contributed by atoms with Crippen molar-refractivity contribution in [3.63, 3.8) is 0 Å². The third-order valence-corrected chi connectivity index (χ3v) is 4.64. The number of para-hydroxylation sites is 1. The summed E-state index contributed by atoms with van der Waals surface area (Å²) in [5.41, 5.74) is 1.51. The largest absolute Gasteiger partial charge is 0.411 e. The van der Waals surface area contributed by atoms with E-state index >= 15 is 0 Å². The molecule has 0 unspecified atom stereocenters. The lowest BCUT2D eigenvalue weighted by Gasteiger charge is -2.07. The molecule has 0 amide bonds. The number of benzene rings is 2. The minimum Gasteiger partial charge on any atom is -0.411 e. The van der Waals surface area contributed by atoms with Crippen molar-refractivity contribution in [2.75, 3.05) is 0 Å². The number of fused-ring (bicyclic) bond motifs is 1. The van der Waals surface area contributed by atoms with Gasteiger partial charge in [-0.3, -0.25) is 9.36 Å². The maximum Gasteiger partial charge on any atom is 0.277 e. The molecule has 124 valence electrons. The number of hydrogen-bond acceptors (Lipinski definition) is 6. The number of aromatic nitrogens is 4. The zero-order valence-electron chi connectivity index (χ0n) is 13.4. The average Bonchev–Trinajstić information content (AvgIpc) is 3.13. The van der Waals surface area contributed by atoms with E-state index in [-0.39, 0.29) is 5.56 Å². The van der Waals surface area contributed by atoms with Gasteiger partial charge in [0.15, 0.2) is 0 Å². The minimum absolute atomic E-state index is 0.0586. The first-order chi connectivity index (χ1) is 12.2. The molecule has 25 heavy (non-hydrogen) atoms. The van der Waals surface area contributed by atoms with Crippen molar-refractivity contribution in [3.8, 4) is 11.5 Å². The van der Waals surface area contributed by atoms with E-state index in [1.807, 2.05) is 48.5 Å². The van der Waals surface area contributed by atoms with Crippen molar-refractivity contribution in [1.82, 2.24) is 19.7 Å². The minimum atomic E-state index is -0.0586. The molecule has 7 heteroatoms. The zero-order chi connectivity index (χ0) is 17.2. The van der Waals surface area contributed by atoms with Gasteiger partial charge in [0, 0.05) is 12.6 Å². The maximum atomic E-state index is 12.4. The first-order valence-electron chi connectivity index (χ1n) is 7.69. The van der Waals surface area contributed by atoms with Crippen molar-refractivity contribution in [2.45, 2.75) is 11.0 Å². The van der Waals surface area contributed by atoms with Gasteiger partial charge < -0.3 is 4.42 Å². The molecule has 2 heterocycles. The van der Waals surface area contributed by atoms with Gasteiger partial charge in [-0.25, -0.2) is 4.98 Å². The SMILES string of the molecule is Cn1c(CSc2nnc(-c3ccccc3)o2)nc2ccccc2c1=O. The molecule has 4 aromatic rings. The van der Waals surface area contributed by atoms with Gasteiger partial charge in [0.2, 0.25) is 5.89 Å². The first-order valence-corrected chi connectivity index (χ1v) is 8.67. The average molecular weight is 350 g/mol. The highest BCUT2D eigenvalue weighted by atomic mass is 32.2. The summed E-state index contributed by atoms with van der Waals surface area (Å²) in [5, 5.41) is 9.17. The van der Waals surface area contributed by atoms with Gasteiger partial charge in [-0.2, -0.15) is 0 Å². The molecule has 4 rings (SSSR count). The first kappa shape index (κ1) is 15.6. The zero-order valence-corrected chi connectivity index (χ0v) is 14.2. The van der Waals surface area contributed by atoms with E-state index in [4.69, 9.17) is 4.42 Å². The molecule has 0 N–H and O–H groups in total. The Kier molecular flexibility index (Phi) is 4.07. The highest BCUT2D eigenvalue weighted by molar-refractivity contribution is 7.98. The molecule has 0 aliphatic heterocycles.